The second kappa shape index (κ2) is 3.83. The van der Waals surface area contributed by atoms with Gasteiger partial charge >= 0.3 is 5.97 Å². The number of carbonyl (C=O) groups excluding carboxylic acids is 1. The molecule has 3 nitrogen and oxygen atoms in total. The molecule has 0 saturated carbocycles. The third-order valence-electron chi connectivity index (χ3n) is 1.46. The summed E-state index contributed by atoms with van der Waals surface area (Å²) in [5.74, 6) is 1.13. The third kappa shape index (κ3) is 2.58. The van der Waals surface area contributed by atoms with Crippen molar-refractivity contribution in [1.29, 1.82) is 0 Å². The van der Waals surface area contributed by atoms with Gasteiger partial charge in [0.1, 0.15) is 6.54 Å². The average molecular weight is 160 g/mol. The van der Waals surface area contributed by atoms with E-state index in [2.05, 4.69) is 0 Å². The first-order valence-corrected chi connectivity index (χ1v) is 4.44. The molecule has 1 radical (unpaired) electrons. The van der Waals surface area contributed by atoms with E-state index in [4.69, 9.17) is 0 Å². The monoisotopic (exact) mass is 160 g/mol. The molecule has 0 atom stereocenters. The number of nitrogens with zero attached hydrogens (tertiary/aromatic N) is 1. The molecule has 0 bridgehead atoms. The van der Waals surface area contributed by atoms with Crippen molar-refractivity contribution in [1.82, 2.24) is 4.90 Å². The van der Waals surface area contributed by atoms with E-state index in [0.29, 0.717) is 0 Å². The molecular weight excluding hydrogens is 150 g/mol. The van der Waals surface area contributed by atoms with Gasteiger partial charge in [-0.15, -0.1) is 0 Å². The van der Waals surface area contributed by atoms with Crippen LogP contribution in [0.25, 0.3) is 0 Å². The topological polar surface area (TPSA) is 40.2 Å². The van der Waals surface area contributed by atoms with Crippen LogP contribution in [-0.4, -0.2) is 42.0 Å². The Bertz CT molecular complexity index is 123. The van der Waals surface area contributed by atoms with E-state index in [1.165, 1.54) is 0 Å². The molecule has 0 aliphatic carbocycles. The van der Waals surface area contributed by atoms with Crippen LogP contribution in [0, 0.1) is 0 Å². The normalized spacial score (nSPS) is 20.8. The predicted octanol–water partition coefficient (Wildman–Crippen LogP) is -0.00770. The summed E-state index contributed by atoms with van der Waals surface area (Å²) in [4.78, 5) is 12.0. The Balaban J connectivity index is 2.19. The van der Waals surface area contributed by atoms with Gasteiger partial charge in [-0.05, 0) is 0 Å². The van der Waals surface area contributed by atoms with E-state index in [-0.39, 0.29) is 6.54 Å². The Morgan fingerprint density at radius 1 is 1.40 bits per heavy atom. The van der Waals surface area contributed by atoms with Gasteiger partial charge in [-0.1, -0.05) is 0 Å². The van der Waals surface area contributed by atoms with E-state index in [9.17, 15) is 9.90 Å². The molecule has 10 heavy (non-hydrogen) atoms. The van der Waals surface area contributed by atoms with Gasteiger partial charge < -0.3 is 0 Å². The fourth-order valence-corrected chi connectivity index (χ4v) is 1.92. The summed E-state index contributed by atoms with van der Waals surface area (Å²) in [6.07, 6.45) is 0. The van der Waals surface area contributed by atoms with Gasteiger partial charge in [-0.2, -0.15) is 11.8 Å². The van der Waals surface area contributed by atoms with Crippen molar-refractivity contribution < 1.29 is 9.90 Å². The van der Waals surface area contributed by atoms with E-state index >= 15 is 0 Å². The van der Waals surface area contributed by atoms with E-state index in [1.54, 1.807) is 0 Å². The van der Waals surface area contributed by atoms with Gasteiger partial charge in [0.05, 0.1) is 0 Å². The number of carbonyl (C=O) groups is 1. The molecule has 0 amide bonds. The van der Waals surface area contributed by atoms with Crippen molar-refractivity contribution in [3.05, 3.63) is 0 Å². The van der Waals surface area contributed by atoms with Gasteiger partial charge in [0.25, 0.3) is 0 Å². The zero-order valence-electron chi connectivity index (χ0n) is 5.71. The summed E-state index contributed by atoms with van der Waals surface area (Å²) >= 11 is 1.87. The van der Waals surface area contributed by atoms with Crippen LogP contribution in [0.2, 0.25) is 0 Å². The van der Waals surface area contributed by atoms with Crippen molar-refractivity contribution in [2.45, 2.75) is 0 Å². The lowest BCUT2D eigenvalue weighted by Crippen LogP contribution is -2.36. The fourth-order valence-electron chi connectivity index (χ4n) is 0.942. The Morgan fingerprint density at radius 3 is 2.50 bits per heavy atom. The summed E-state index contributed by atoms with van der Waals surface area (Å²) in [7, 11) is 0. The van der Waals surface area contributed by atoms with Crippen LogP contribution in [0.15, 0.2) is 0 Å². The zero-order chi connectivity index (χ0) is 7.40. The molecule has 0 aromatic rings. The maximum absolute atomic E-state index is 10.1. The quantitative estimate of drug-likeness (QED) is 0.570. The lowest BCUT2D eigenvalue weighted by atomic mass is 10.5. The molecule has 0 unspecified atom stereocenters. The van der Waals surface area contributed by atoms with Crippen LogP contribution in [-0.2, 0) is 9.90 Å². The second-order valence-electron chi connectivity index (χ2n) is 2.26. The molecule has 1 saturated heterocycles. The fraction of sp³-hybridized carbons (Fsp3) is 0.833. The first-order valence-electron chi connectivity index (χ1n) is 3.29. The van der Waals surface area contributed by atoms with Crippen LogP contribution in [0.3, 0.4) is 0 Å². The van der Waals surface area contributed by atoms with Crippen LogP contribution in [0.5, 0.6) is 0 Å². The highest BCUT2D eigenvalue weighted by Gasteiger charge is 2.13. The van der Waals surface area contributed by atoms with Crippen molar-refractivity contribution in [2.24, 2.45) is 0 Å². The summed E-state index contributed by atoms with van der Waals surface area (Å²) in [5, 5.41) is 10.1. The number of thioether (sulfide) groups is 1. The molecule has 1 rings (SSSR count). The van der Waals surface area contributed by atoms with E-state index in [0.717, 1.165) is 24.6 Å². The minimum absolute atomic E-state index is 0.0978. The molecule has 1 aliphatic rings. The maximum Gasteiger partial charge on any atom is 0.369 e. The Labute approximate surface area is 64.4 Å². The van der Waals surface area contributed by atoms with E-state index < -0.39 is 5.97 Å². The molecule has 4 heteroatoms. The SMILES string of the molecule is [O]C(=O)CN1CCSCC1. The standard InChI is InChI=1S/C6H10NO2S/c8-6(9)5-7-1-3-10-4-2-7/h1-5H2. The van der Waals surface area contributed by atoms with E-state index in [1.807, 2.05) is 16.7 Å². The van der Waals surface area contributed by atoms with Gasteiger partial charge in [-0.3, -0.25) is 4.90 Å². The van der Waals surface area contributed by atoms with Crippen molar-refractivity contribution in [3.8, 4) is 0 Å². The zero-order valence-corrected chi connectivity index (χ0v) is 6.52. The predicted molar refractivity (Wildman–Crippen MR) is 39.5 cm³/mol. The molecule has 1 fully saturated rings. The molecule has 1 aliphatic heterocycles. The van der Waals surface area contributed by atoms with Gasteiger partial charge in [0.15, 0.2) is 0 Å². The van der Waals surface area contributed by atoms with Gasteiger partial charge in [0.2, 0.25) is 0 Å². The number of hydrogen-bond acceptors (Lipinski definition) is 3. The van der Waals surface area contributed by atoms with Crippen LogP contribution >= 0.6 is 11.8 Å². The lowest BCUT2D eigenvalue weighted by molar-refractivity contribution is -0.144. The minimum atomic E-state index is -0.966. The van der Waals surface area contributed by atoms with Crippen LogP contribution < -0.4 is 0 Å². The average Bonchev–Trinajstić information content (AvgIpc) is 1.88. The Hall–Kier alpha value is -0.220. The van der Waals surface area contributed by atoms with Crippen molar-refractivity contribution in [2.75, 3.05) is 31.1 Å². The second-order valence-corrected chi connectivity index (χ2v) is 3.49. The number of hydrogen-bond donors (Lipinski definition) is 0. The molecule has 1 heterocycles. The molecular formula is C6H10NO2S. The number of rotatable bonds is 2. The highest BCUT2D eigenvalue weighted by molar-refractivity contribution is 7.99. The molecule has 0 aromatic carbocycles. The van der Waals surface area contributed by atoms with Gasteiger partial charge in [-0.25, -0.2) is 9.90 Å². The molecule has 0 aromatic heterocycles. The minimum Gasteiger partial charge on any atom is -0.291 e. The summed E-state index contributed by atoms with van der Waals surface area (Å²) < 4.78 is 0. The summed E-state index contributed by atoms with van der Waals surface area (Å²) in [6.45, 7) is 1.87. The van der Waals surface area contributed by atoms with Crippen LogP contribution in [0.1, 0.15) is 0 Å². The third-order valence-corrected chi connectivity index (χ3v) is 2.40. The lowest BCUT2D eigenvalue weighted by Gasteiger charge is -2.23. The van der Waals surface area contributed by atoms with Crippen molar-refractivity contribution >= 4 is 17.7 Å². The Morgan fingerprint density at radius 2 is 2.00 bits per heavy atom. The highest BCUT2D eigenvalue weighted by Crippen LogP contribution is 2.07. The Kier molecular flexibility index (Phi) is 3.02. The molecule has 0 spiro atoms. The smallest absolute Gasteiger partial charge is 0.291 e. The molecule has 0 N–H and O–H groups in total. The largest absolute Gasteiger partial charge is 0.369 e. The maximum atomic E-state index is 10.1. The van der Waals surface area contributed by atoms with Gasteiger partial charge in [0, 0.05) is 24.6 Å². The van der Waals surface area contributed by atoms with Crippen molar-refractivity contribution in [3.63, 3.8) is 0 Å². The first kappa shape index (κ1) is 7.88. The first-order chi connectivity index (χ1) is 4.79. The highest BCUT2D eigenvalue weighted by atomic mass is 32.2. The summed E-state index contributed by atoms with van der Waals surface area (Å²) in [5.41, 5.74) is 0. The van der Waals surface area contributed by atoms with Crippen LogP contribution in [0.4, 0.5) is 0 Å². The summed E-state index contributed by atoms with van der Waals surface area (Å²) in [6, 6.07) is 0. The molecule has 57 valence electrons.